The molecule has 0 bridgehead atoms. The maximum Gasteiger partial charge on any atom is 0.306 e. The van der Waals surface area contributed by atoms with Crippen molar-refractivity contribution in [3.8, 4) is 0 Å². The fraction of sp³-hybridized carbons (Fsp3) is 0.615. The Labute approximate surface area is 196 Å². The van der Waals surface area contributed by atoms with Crippen molar-refractivity contribution in [3.63, 3.8) is 0 Å². The molecule has 2 heterocycles. The van der Waals surface area contributed by atoms with Gasteiger partial charge in [-0.1, -0.05) is 44.2 Å². The number of carbonyl (C=O) groups is 4. The van der Waals surface area contributed by atoms with Crippen LogP contribution in [-0.4, -0.2) is 40.9 Å². The normalized spacial score (nSPS) is 27.4. The molecule has 2 aliphatic rings. The second-order valence-electron chi connectivity index (χ2n) is 9.33. The topological polar surface area (TPSA) is 110 Å². The second-order valence-corrected chi connectivity index (χ2v) is 9.33. The fourth-order valence-electron chi connectivity index (χ4n) is 4.35. The first-order valence-electron chi connectivity index (χ1n) is 11.9. The van der Waals surface area contributed by atoms with Gasteiger partial charge in [-0.05, 0) is 44.1 Å². The minimum atomic E-state index is -0.912. The first-order chi connectivity index (χ1) is 15.7. The number of Topliss-reactive ketones (excluding diaryl/α,β-unsaturated/α-hetero) is 1. The highest BCUT2D eigenvalue weighted by Gasteiger charge is 2.28. The molecule has 2 amide bonds. The highest BCUT2D eigenvalue weighted by molar-refractivity contribution is 5.97. The monoisotopic (exact) mass is 459 g/mol. The summed E-state index contributed by atoms with van der Waals surface area (Å²) in [4.78, 5) is 48.0. The highest BCUT2D eigenvalue weighted by atomic mass is 16.5. The molecule has 2 rings (SSSR count). The maximum absolute atomic E-state index is 12.7. The molecule has 0 saturated carbocycles. The molecule has 2 N–H and O–H groups in total. The van der Waals surface area contributed by atoms with E-state index in [1.54, 1.807) is 13.0 Å². The summed E-state index contributed by atoms with van der Waals surface area (Å²) in [7, 11) is 0. The van der Waals surface area contributed by atoms with Gasteiger partial charge in [0.15, 0.2) is 0 Å². The van der Waals surface area contributed by atoms with Gasteiger partial charge in [0, 0.05) is 37.5 Å². The van der Waals surface area contributed by atoms with E-state index >= 15 is 0 Å². The van der Waals surface area contributed by atoms with E-state index in [4.69, 9.17) is 4.74 Å². The van der Waals surface area contributed by atoms with Gasteiger partial charge in [-0.15, -0.1) is 0 Å². The summed E-state index contributed by atoms with van der Waals surface area (Å²) in [5.74, 6) is -1.83. The van der Waals surface area contributed by atoms with E-state index in [-0.39, 0.29) is 61.1 Å². The van der Waals surface area contributed by atoms with E-state index < -0.39 is 18.1 Å². The number of carbonyl (C=O) groups excluding carboxylic acids is 4. The Morgan fingerprint density at radius 2 is 1.91 bits per heavy atom. The number of ketones is 1. The van der Waals surface area contributed by atoms with Crippen molar-refractivity contribution in [1.29, 1.82) is 0 Å². The van der Waals surface area contributed by atoms with Crippen LogP contribution in [0.4, 0.5) is 0 Å². The zero-order valence-electron chi connectivity index (χ0n) is 19.9. The Bertz CT molecular complexity index is 796. The molecular weight excluding hydrogens is 422 g/mol. The van der Waals surface area contributed by atoms with E-state index in [0.29, 0.717) is 6.42 Å². The number of ether oxygens (including phenoxy) is 1. The Hall–Kier alpha value is -2.54. The van der Waals surface area contributed by atoms with Gasteiger partial charge in [0.25, 0.3) is 0 Å². The molecule has 0 spiro atoms. The lowest BCUT2D eigenvalue weighted by Gasteiger charge is -2.25. The molecule has 33 heavy (non-hydrogen) atoms. The van der Waals surface area contributed by atoms with Crippen molar-refractivity contribution < 1.29 is 29.0 Å². The minimum Gasteiger partial charge on any atom is -0.457 e. The fourth-order valence-corrected chi connectivity index (χ4v) is 4.35. The molecule has 0 radical (unpaired) electrons. The van der Waals surface area contributed by atoms with E-state index in [1.165, 1.54) is 0 Å². The first-order valence-corrected chi connectivity index (χ1v) is 11.9. The van der Waals surface area contributed by atoms with Crippen LogP contribution in [0.5, 0.6) is 0 Å². The van der Waals surface area contributed by atoms with Crippen LogP contribution in [0.3, 0.4) is 0 Å². The first kappa shape index (κ1) is 26.7. The van der Waals surface area contributed by atoms with E-state index in [1.807, 2.05) is 32.1 Å². The summed E-state index contributed by atoms with van der Waals surface area (Å²) in [6, 6.07) is 0. The van der Waals surface area contributed by atoms with Crippen LogP contribution in [0.25, 0.3) is 0 Å². The molecular formula is C26H37NO6. The van der Waals surface area contributed by atoms with Gasteiger partial charge in [-0.3, -0.25) is 24.5 Å². The number of cyclic esters (lactones) is 1. The summed E-state index contributed by atoms with van der Waals surface area (Å²) in [6.07, 6.45) is 12.0. The molecule has 7 nitrogen and oxygen atoms in total. The number of amides is 2. The molecule has 4 atom stereocenters. The number of hydrogen-bond acceptors (Lipinski definition) is 6. The van der Waals surface area contributed by atoms with Crippen molar-refractivity contribution in [2.45, 2.75) is 84.3 Å². The molecule has 0 unspecified atom stereocenters. The van der Waals surface area contributed by atoms with Gasteiger partial charge in [0.2, 0.25) is 11.8 Å². The molecule has 182 valence electrons. The molecule has 0 aliphatic carbocycles. The summed E-state index contributed by atoms with van der Waals surface area (Å²) < 4.78 is 5.77. The number of esters is 1. The third-order valence-corrected chi connectivity index (χ3v) is 6.14. The van der Waals surface area contributed by atoms with Gasteiger partial charge < -0.3 is 9.84 Å². The Balaban J connectivity index is 2.00. The van der Waals surface area contributed by atoms with Crippen LogP contribution >= 0.6 is 0 Å². The van der Waals surface area contributed by atoms with Crippen LogP contribution < -0.4 is 5.32 Å². The average Bonchev–Trinajstić information content (AvgIpc) is 2.71. The predicted molar refractivity (Wildman–Crippen MR) is 125 cm³/mol. The van der Waals surface area contributed by atoms with E-state index in [2.05, 4.69) is 11.4 Å². The van der Waals surface area contributed by atoms with Gasteiger partial charge in [0.1, 0.15) is 11.9 Å². The van der Waals surface area contributed by atoms with Crippen LogP contribution in [0.15, 0.2) is 36.0 Å². The van der Waals surface area contributed by atoms with Gasteiger partial charge in [0.05, 0.1) is 6.10 Å². The Morgan fingerprint density at radius 1 is 1.21 bits per heavy atom. The third-order valence-electron chi connectivity index (χ3n) is 6.14. The lowest BCUT2D eigenvalue weighted by Crippen LogP contribution is -2.39. The Morgan fingerprint density at radius 3 is 2.61 bits per heavy atom. The van der Waals surface area contributed by atoms with Crippen LogP contribution in [0, 0.1) is 17.8 Å². The SMILES string of the molecule is C/C(=C\[C@H](C)C(=O)C[C@H](O)CC1CC(=O)NC(=O)C1)[C@@H]1OC(=O)CCCC/C=C/C=C\[C@@H]1C. The summed E-state index contributed by atoms with van der Waals surface area (Å²) in [5, 5.41) is 12.6. The van der Waals surface area contributed by atoms with Crippen LogP contribution in [0.2, 0.25) is 0 Å². The van der Waals surface area contributed by atoms with Crippen molar-refractivity contribution in [3.05, 3.63) is 36.0 Å². The lowest BCUT2D eigenvalue weighted by atomic mass is 9.88. The molecule has 0 aromatic heterocycles. The summed E-state index contributed by atoms with van der Waals surface area (Å²) in [5.41, 5.74) is 0.798. The van der Waals surface area contributed by atoms with Crippen molar-refractivity contribution in [1.82, 2.24) is 5.32 Å². The van der Waals surface area contributed by atoms with Gasteiger partial charge in [-0.25, -0.2) is 0 Å². The quantitative estimate of drug-likeness (QED) is 0.342. The number of hydrogen-bond donors (Lipinski definition) is 2. The van der Waals surface area contributed by atoms with Crippen molar-refractivity contribution in [2.75, 3.05) is 0 Å². The number of allylic oxidation sites excluding steroid dienone is 4. The van der Waals surface area contributed by atoms with Gasteiger partial charge >= 0.3 is 5.97 Å². The number of imide groups is 1. The number of nitrogens with one attached hydrogen (secondary N) is 1. The van der Waals surface area contributed by atoms with Crippen molar-refractivity contribution in [2.24, 2.45) is 17.8 Å². The summed E-state index contributed by atoms with van der Waals surface area (Å²) >= 11 is 0. The zero-order chi connectivity index (χ0) is 24.4. The number of piperidine rings is 1. The smallest absolute Gasteiger partial charge is 0.306 e. The lowest BCUT2D eigenvalue weighted by molar-refractivity contribution is -0.149. The molecule has 2 aliphatic heterocycles. The third kappa shape index (κ3) is 9.46. The number of aliphatic hydroxyl groups excluding tert-OH is 1. The molecule has 1 fully saturated rings. The Kier molecular flexibility index (Phi) is 10.7. The standard InChI is InChI=1S/C26H37NO6/c1-17-10-8-6-4-5-7-9-11-25(32)33-26(17)19(3)12-18(2)22(29)16-21(28)13-20-14-23(30)27-24(31)15-20/h4,6,8,10,12,17-18,20-21,26,28H,5,7,9,11,13-16H2,1-3H3,(H,27,30,31)/b6-4+,10-8-,19-12+/t17-,18-,21+,26+/m0/s1. The molecule has 7 heteroatoms. The number of rotatable bonds is 7. The summed E-state index contributed by atoms with van der Waals surface area (Å²) in [6.45, 7) is 5.59. The second kappa shape index (κ2) is 13.2. The van der Waals surface area contributed by atoms with Crippen LogP contribution in [-0.2, 0) is 23.9 Å². The molecule has 0 aromatic rings. The largest absolute Gasteiger partial charge is 0.457 e. The predicted octanol–water partition coefficient (Wildman–Crippen LogP) is 3.57. The van der Waals surface area contributed by atoms with Crippen LogP contribution in [0.1, 0.15) is 72.1 Å². The molecule has 0 aromatic carbocycles. The van der Waals surface area contributed by atoms with Gasteiger partial charge in [-0.2, -0.15) is 0 Å². The van der Waals surface area contributed by atoms with E-state index in [9.17, 15) is 24.3 Å². The maximum atomic E-state index is 12.7. The average molecular weight is 460 g/mol. The zero-order valence-corrected chi connectivity index (χ0v) is 19.9. The van der Waals surface area contributed by atoms with E-state index in [0.717, 1.165) is 24.8 Å². The van der Waals surface area contributed by atoms with Crippen molar-refractivity contribution >= 4 is 23.6 Å². The number of aliphatic hydroxyl groups is 1. The molecule has 1 saturated heterocycles. The highest BCUT2D eigenvalue weighted by Crippen LogP contribution is 2.24. The minimum absolute atomic E-state index is 0.0536.